The molecule has 1 aliphatic carbocycles. The maximum atomic E-state index is 5.00. The number of hydrogen-bond donors (Lipinski definition) is 3. The van der Waals surface area contributed by atoms with E-state index in [4.69, 9.17) is 4.99 Å². The van der Waals surface area contributed by atoms with Gasteiger partial charge in [0.05, 0.1) is 11.4 Å². The number of nitrogens with one attached hydrogen (secondary N) is 3. The van der Waals surface area contributed by atoms with Crippen molar-refractivity contribution in [2.45, 2.75) is 83.1 Å². The highest BCUT2D eigenvalue weighted by atomic mass is 35.5. The molecule has 0 unspecified atom stereocenters. The monoisotopic (exact) mass is 452 g/mol. The van der Waals surface area contributed by atoms with Crippen LogP contribution in [-0.4, -0.2) is 37.6 Å². The Balaban J connectivity index is 0.00000900. The average molecular weight is 453 g/mol. The highest BCUT2D eigenvalue weighted by Crippen LogP contribution is 2.19. The van der Waals surface area contributed by atoms with Gasteiger partial charge in [0.15, 0.2) is 0 Å². The lowest BCUT2D eigenvalue weighted by Gasteiger charge is -2.26. The first kappa shape index (κ1) is 29.7. The molecule has 1 rings (SSSR count). The Hall–Kier alpha value is -1.29. The van der Waals surface area contributed by atoms with E-state index >= 15 is 0 Å². The number of nitrogens with zero attached hydrogens (tertiary/aromatic N) is 1. The molecular weight excluding hydrogens is 404 g/mol. The second-order valence-electron chi connectivity index (χ2n) is 13.5. The molecule has 0 fully saturated rings. The lowest BCUT2D eigenvalue weighted by Crippen LogP contribution is -3.00. The highest BCUT2D eigenvalue weighted by molar-refractivity contribution is 6.21. The van der Waals surface area contributed by atoms with E-state index in [1.54, 1.807) is 0 Å². The smallest absolute Gasteiger partial charge is 0.223 e. The van der Waals surface area contributed by atoms with Crippen molar-refractivity contribution in [2.75, 3.05) is 26.2 Å². The van der Waals surface area contributed by atoms with Crippen LogP contribution in [0, 0.1) is 21.7 Å². The van der Waals surface area contributed by atoms with Gasteiger partial charge in [0.25, 0.3) is 0 Å². The van der Waals surface area contributed by atoms with Gasteiger partial charge in [0.2, 0.25) is 5.71 Å². The van der Waals surface area contributed by atoms with Crippen LogP contribution in [0.3, 0.4) is 0 Å². The zero-order chi connectivity index (χ0) is 23.4. The van der Waals surface area contributed by atoms with Gasteiger partial charge >= 0.3 is 0 Å². The lowest BCUT2D eigenvalue weighted by atomic mass is 9.94. The van der Waals surface area contributed by atoms with Crippen LogP contribution in [0.5, 0.6) is 0 Å². The minimum absolute atomic E-state index is 0. The standard InChI is InChI=1S/C26H48N4.ClH/c1-23(2,3)15-27-19-13-21(29-17-25(7,8)9)22(30-18-26(10,11)12)14-20(19)28-16-24(4,5)6;/h13-14,27,30H,15-18H2,1-12H3;1H. The molecule has 1 aliphatic rings. The van der Waals surface area contributed by atoms with Crippen LogP contribution in [-0.2, 0) is 0 Å². The van der Waals surface area contributed by atoms with E-state index in [-0.39, 0.29) is 34.1 Å². The topological polar surface area (TPSA) is 50.4 Å². The Morgan fingerprint density at radius 1 is 0.677 bits per heavy atom. The maximum absolute atomic E-state index is 5.00. The molecule has 0 atom stereocenters. The molecule has 0 radical (unpaired) electrons. The zero-order valence-electron chi connectivity index (χ0n) is 22.3. The fraction of sp³-hybridized carbons (Fsp3) is 0.769. The summed E-state index contributed by atoms with van der Waals surface area (Å²) in [5.41, 5.74) is 5.16. The molecule has 0 saturated carbocycles. The number of aliphatic imine (C=N–C) groups is 1. The molecule has 4 nitrogen and oxygen atoms in total. The third kappa shape index (κ3) is 13.7. The van der Waals surface area contributed by atoms with Crippen LogP contribution in [0.25, 0.3) is 0 Å². The van der Waals surface area contributed by atoms with Crippen LogP contribution in [0.1, 0.15) is 83.1 Å². The van der Waals surface area contributed by atoms with Crippen LogP contribution >= 0.6 is 0 Å². The molecule has 0 bridgehead atoms. The van der Waals surface area contributed by atoms with E-state index in [0.717, 1.165) is 49.0 Å². The molecule has 0 aliphatic heterocycles. The van der Waals surface area contributed by atoms with Gasteiger partial charge in [-0.25, -0.2) is 4.99 Å². The average Bonchev–Trinajstić information content (AvgIpc) is 2.52. The number of hydrogen-bond acceptors (Lipinski definition) is 3. The minimum atomic E-state index is 0. The maximum Gasteiger partial charge on any atom is 0.223 e. The van der Waals surface area contributed by atoms with E-state index in [9.17, 15) is 0 Å². The molecule has 0 heterocycles. The van der Waals surface area contributed by atoms with Crippen LogP contribution < -0.4 is 28.0 Å². The molecule has 0 amide bonds. The number of rotatable bonds is 6. The molecule has 0 aromatic heterocycles. The molecule has 0 spiro atoms. The Morgan fingerprint density at radius 3 is 1.58 bits per heavy atom. The largest absolute Gasteiger partial charge is 1.00 e. The van der Waals surface area contributed by atoms with E-state index in [0.29, 0.717) is 0 Å². The van der Waals surface area contributed by atoms with Crippen molar-refractivity contribution < 1.29 is 17.4 Å². The van der Waals surface area contributed by atoms with Gasteiger partial charge in [0, 0.05) is 31.1 Å². The second kappa shape index (κ2) is 11.0. The van der Waals surface area contributed by atoms with Gasteiger partial charge in [0.1, 0.15) is 12.2 Å². The van der Waals surface area contributed by atoms with Crippen molar-refractivity contribution in [1.82, 2.24) is 10.6 Å². The van der Waals surface area contributed by atoms with E-state index in [2.05, 4.69) is 111 Å². The van der Waals surface area contributed by atoms with E-state index < -0.39 is 0 Å². The number of allylic oxidation sites excluding steroid dienone is 2. The van der Waals surface area contributed by atoms with E-state index in [1.165, 1.54) is 0 Å². The summed E-state index contributed by atoms with van der Waals surface area (Å²) in [7, 11) is 0. The molecule has 5 heteroatoms. The Labute approximate surface area is 199 Å². The summed E-state index contributed by atoms with van der Waals surface area (Å²) in [5, 5.41) is 7.34. The summed E-state index contributed by atoms with van der Waals surface area (Å²) in [5.74, 6) is 0. The number of halogens is 1. The molecule has 180 valence electrons. The fourth-order valence-corrected chi connectivity index (χ4v) is 2.56. The van der Waals surface area contributed by atoms with Crippen molar-refractivity contribution in [1.29, 1.82) is 0 Å². The molecule has 0 aromatic rings. The highest BCUT2D eigenvalue weighted by Gasteiger charge is 2.25. The lowest BCUT2D eigenvalue weighted by molar-refractivity contribution is -0.472. The molecular formula is C26H49ClN4. The van der Waals surface area contributed by atoms with Gasteiger partial charge in [-0.05, 0) is 22.3 Å². The van der Waals surface area contributed by atoms with Gasteiger partial charge in [-0.2, -0.15) is 0 Å². The van der Waals surface area contributed by atoms with Gasteiger partial charge < -0.3 is 23.0 Å². The van der Waals surface area contributed by atoms with E-state index in [1.807, 2.05) is 0 Å². The normalized spacial score (nSPS) is 18.5. The second-order valence-corrected chi connectivity index (χ2v) is 13.5. The first-order valence-electron chi connectivity index (χ1n) is 11.4. The fourth-order valence-electron chi connectivity index (χ4n) is 2.56. The molecule has 0 saturated heterocycles. The Morgan fingerprint density at radius 2 is 1.16 bits per heavy atom. The van der Waals surface area contributed by atoms with Crippen molar-refractivity contribution >= 4 is 11.4 Å². The Bertz CT molecular complexity index is 638. The molecule has 0 aromatic carbocycles. The third-order valence-electron chi connectivity index (χ3n) is 4.29. The third-order valence-corrected chi connectivity index (χ3v) is 4.29. The van der Waals surface area contributed by atoms with Gasteiger partial charge in [-0.3, -0.25) is 4.99 Å². The summed E-state index contributed by atoms with van der Waals surface area (Å²) < 4.78 is 0. The van der Waals surface area contributed by atoms with Gasteiger partial charge in [-0.15, -0.1) is 0 Å². The Kier molecular flexibility index (Phi) is 10.6. The molecule has 3 N–H and O–H groups in total. The van der Waals surface area contributed by atoms with Crippen molar-refractivity contribution in [3.63, 3.8) is 0 Å². The van der Waals surface area contributed by atoms with Crippen molar-refractivity contribution in [3.05, 3.63) is 23.5 Å². The first-order valence-corrected chi connectivity index (χ1v) is 11.4. The van der Waals surface area contributed by atoms with Crippen LogP contribution in [0.4, 0.5) is 0 Å². The summed E-state index contributed by atoms with van der Waals surface area (Å²) in [4.78, 5) is 8.69. The summed E-state index contributed by atoms with van der Waals surface area (Å²) in [6.07, 6.45) is 4.46. The summed E-state index contributed by atoms with van der Waals surface area (Å²) >= 11 is 0. The van der Waals surface area contributed by atoms with Crippen molar-refractivity contribution in [3.8, 4) is 0 Å². The van der Waals surface area contributed by atoms with Crippen LogP contribution in [0.15, 0.2) is 28.5 Å². The minimum Gasteiger partial charge on any atom is -1.00 e. The zero-order valence-corrected chi connectivity index (χ0v) is 23.1. The predicted octanol–water partition coefficient (Wildman–Crippen LogP) is 1.10. The summed E-state index contributed by atoms with van der Waals surface area (Å²) in [6.45, 7) is 30.5. The van der Waals surface area contributed by atoms with Gasteiger partial charge in [-0.1, -0.05) is 83.1 Å². The van der Waals surface area contributed by atoms with Crippen LogP contribution in [0.2, 0.25) is 0 Å². The van der Waals surface area contributed by atoms with Crippen molar-refractivity contribution in [2.24, 2.45) is 26.7 Å². The quantitative estimate of drug-likeness (QED) is 0.528. The first-order chi connectivity index (χ1) is 13.3. The SMILES string of the molecule is CC(C)(C)CN=C1C=C(NCC(C)(C)C)C(=[NH+]CC(C)(C)C)C=C1NCC(C)(C)C.[Cl-]. The summed E-state index contributed by atoms with van der Waals surface area (Å²) in [6, 6.07) is 0. The predicted molar refractivity (Wildman–Crippen MR) is 133 cm³/mol. The molecule has 31 heavy (non-hydrogen) atoms.